The first-order valence-corrected chi connectivity index (χ1v) is 28.4. The lowest BCUT2D eigenvalue weighted by Gasteiger charge is -2.29. The summed E-state index contributed by atoms with van der Waals surface area (Å²) in [7, 11) is 0. The third-order valence-corrected chi connectivity index (χ3v) is 13.2. The highest BCUT2D eigenvalue weighted by Gasteiger charge is 2.38. The summed E-state index contributed by atoms with van der Waals surface area (Å²) in [6.45, 7) is 11.1. The number of aromatic hydroxyl groups is 1. The zero-order valence-electron chi connectivity index (χ0n) is 50.1. The molecule has 87 heavy (non-hydrogen) atoms. The topological polar surface area (TPSA) is 552 Å². The summed E-state index contributed by atoms with van der Waals surface area (Å²) in [6.07, 6.45) is -5.88. The van der Waals surface area contributed by atoms with Gasteiger partial charge in [-0.05, 0) is 100 Å². The first-order chi connectivity index (χ1) is 40.6. The number of rotatable bonds is 42. The van der Waals surface area contributed by atoms with Crippen LogP contribution in [0.5, 0.6) is 5.75 Å². The number of carbonyl (C=O) groups excluding carboxylic acids is 11. The smallest absolute Gasteiger partial charge is 0.326 e. The van der Waals surface area contributed by atoms with Crippen molar-refractivity contribution in [1.29, 1.82) is 0 Å². The molecule has 32 heteroatoms. The van der Waals surface area contributed by atoms with Gasteiger partial charge in [-0.2, -0.15) is 0 Å². The van der Waals surface area contributed by atoms with Crippen molar-refractivity contribution in [2.75, 3.05) is 6.54 Å². The lowest BCUT2D eigenvalue weighted by Crippen LogP contribution is -2.62. The first-order valence-electron chi connectivity index (χ1n) is 28.4. The number of unbranched alkanes of at least 4 members (excludes halogenated alkanes) is 1. The fourth-order valence-corrected chi connectivity index (χ4v) is 8.52. The molecule has 0 aliphatic carbocycles. The van der Waals surface area contributed by atoms with Gasteiger partial charge in [-0.25, -0.2) is 4.79 Å². The third kappa shape index (κ3) is 29.9. The second-order valence-corrected chi connectivity index (χ2v) is 22.3. The van der Waals surface area contributed by atoms with Crippen molar-refractivity contribution < 1.29 is 92.7 Å². The largest absolute Gasteiger partial charge is 0.508 e. The normalized spacial score (nSPS) is 15.0. The van der Waals surface area contributed by atoms with Gasteiger partial charge in [0.1, 0.15) is 60.1 Å². The van der Waals surface area contributed by atoms with Crippen LogP contribution in [-0.2, 0) is 73.5 Å². The molecule has 0 heterocycles. The van der Waals surface area contributed by atoms with Gasteiger partial charge < -0.3 is 96.3 Å². The number of aliphatic carboxylic acids is 3. The number of carbonyl (C=O) groups is 14. The molecule has 0 aliphatic rings. The fourth-order valence-electron chi connectivity index (χ4n) is 8.52. The van der Waals surface area contributed by atoms with E-state index in [1.165, 1.54) is 38.1 Å². The van der Waals surface area contributed by atoms with Crippen LogP contribution in [0.1, 0.15) is 131 Å². The number of amides is 11. The van der Waals surface area contributed by atoms with Crippen molar-refractivity contribution in [3.05, 3.63) is 29.8 Å². The maximum Gasteiger partial charge on any atom is 0.326 e. The molecule has 0 aromatic heterocycles. The number of hydrogen-bond acceptors (Lipinski definition) is 18. The van der Waals surface area contributed by atoms with Gasteiger partial charge in [0.25, 0.3) is 0 Å². The number of aliphatic hydroxyl groups excluding tert-OH is 1. The molecule has 1 aromatic rings. The molecule has 1 aromatic carbocycles. The molecule has 22 N–H and O–H groups in total. The van der Waals surface area contributed by atoms with Crippen LogP contribution in [0, 0.1) is 17.8 Å². The minimum Gasteiger partial charge on any atom is -0.508 e. The van der Waals surface area contributed by atoms with Crippen molar-refractivity contribution in [1.82, 2.24) is 47.9 Å². The lowest BCUT2D eigenvalue weighted by atomic mass is 9.98. The van der Waals surface area contributed by atoms with Crippen LogP contribution >= 0.6 is 0 Å². The van der Waals surface area contributed by atoms with Gasteiger partial charge in [-0.15, -0.1) is 0 Å². The Balaban J connectivity index is 3.56. The van der Waals surface area contributed by atoms with Crippen LogP contribution in [0.25, 0.3) is 0 Å². The second-order valence-electron chi connectivity index (χ2n) is 22.3. The number of nitrogens with two attached hydrogens (primary N) is 4. The number of phenols is 1. The molecule has 11 amide bonds. The summed E-state index contributed by atoms with van der Waals surface area (Å²) in [4.78, 5) is 184. The lowest BCUT2D eigenvalue weighted by molar-refractivity contribution is -0.142. The average Bonchev–Trinajstić information content (AvgIpc) is 3.12. The Kier molecular flexibility index (Phi) is 33.9. The summed E-state index contributed by atoms with van der Waals surface area (Å²) in [5.74, 6) is -17.5. The van der Waals surface area contributed by atoms with E-state index in [2.05, 4.69) is 47.9 Å². The molecular weight excluding hydrogens is 1150 g/mol. The summed E-state index contributed by atoms with van der Waals surface area (Å²) in [5.41, 5.74) is 22.7. The van der Waals surface area contributed by atoms with Crippen molar-refractivity contribution >= 4 is 82.9 Å². The fraction of sp³-hybridized carbons (Fsp3) is 0.636. The van der Waals surface area contributed by atoms with E-state index in [1.807, 2.05) is 0 Å². The Morgan fingerprint density at radius 1 is 0.448 bits per heavy atom. The maximum absolute atomic E-state index is 14.2. The molecule has 11 atom stereocenters. The van der Waals surface area contributed by atoms with Gasteiger partial charge in [0.05, 0.1) is 18.6 Å². The molecule has 32 nitrogen and oxygen atoms in total. The van der Waals surface area contributed by atoms with Crippen LogP contribution in [0.4, 0.5) is 0 Å². The number of hydrogen-bond donors (Lipinski definition) is 18. The van der Waals surface area contributed by atoms with Gasteiger partial charge >= 0.3 is 17.9 Å². The van der Waals surface area contributed by atoms with Crippen LogP contribution < -0.4 is 70.8 Å². The predicted molar refractivity (Wildman–Crippen MR) is 309 cm³/mol. The van der Waals surface area contributed by atoms with Crippen molar-refractivity contribution in [3.63, 3.8) is 0 Å². The van der Waals surface area contributed by atoms with Crippen molar-refractivity contribution in [3.8, 4) is 5.75 Å². The summed E-state index contributed by atoms with van der Waals surface area (Å²) in [6, 6.07) is -10.7. The predicted octanol–water partition coefficient (Wildman–Crippen LogP) is -4.16. The van der Waals surface area contributed by atoms with Crippen LogP contribution in [0.2, 0.25) is 0 Å². The zero-order valence-corrected chi connectivity index (χ0v) is 50.1. The standard InChI is InChI=1S/C55H89N13O19/c1-26(2)22-32(57)46(77)68-45(29(7)69)54(85)63-35(16-19-41(59)72)50(81)65-38(25-43(75)76)51(82)64-37(23-27(3)4)52(83)67-44(28(5)6)53(84)62-34(15-18-40(58)71)48(79)61-36(17-20-42(73)74)49(80)60-33(10-8-9-21-56)47(78)66-39(55(86)87)24-30-11-13-31(70)14-12-30/h11-14,26-29,32-39,44-45,69-70H,8-10,15-25,56-57H2,1-7H3,(H2,58,71)(H2,59,72)(H,60,80)(H,61,79)(H,62,84)(H,63,85)(H,64,82)(H,65,81)(H,66,78)(H,67,83)(H,68,77)(H,73,74)(H,75,76)(H,86,87)/t29-,32+,33+,34+,35+,36+,37+,38+,39+,44+,45+/m1/s1. The highest BCUT2D eigenvalue weighted by atomic mass is 16.4. The third-order valence-electron chi connectivity index (χ3n) is 13.2. The van der Waals surface area contributed by atoms with Crippen molar-refractivity contribution in [2.24, 2.45) is 40.7 Å². The van der Waals surface area contributed by atoms with Crippen LogP contribution in [0.3, 0.4) is 0 Å². The molecule has 0 saturated heterocycles. The molecule has 0 unspecified atom stereocenters. The zero-order chi connectivity index (χ0) is 66.4. The van der Waals surface area contributed by atoms with Gasteiger partial charge in [0, 0.05) is 25.7 Å². The summed E-state index contributed by atoms with van der Waals surface area (Å²) >= 11 is 0. The summed E-state index contributed by atoms with van der Waals surface area (Å²) in [5, 5.41) is 70.7. The number of benzene rings is 1. The van der Waals surface area contributed by atoms with E-state index in [1.54, 1.807) is 27.7 Å². The Labute approximate surface area is 503 Å². The minimum absolute atomic E-state index is 0.0325. The molecule has 0 fully saturated rings. The number of aliphatic hydroxyl groups is 1. The monoisotopic (exact) mass is 1240 g/mol. The number of carboxylic acids is 3. The molecule has 0 bridgehead atoms. The van der Waals surface area contributed by atoms with E-state index >= 15 is 0 Å². The molecule has 1 rings (SSSR count). The van der Waals surface area contributed by atoms with Crippen LogP contribution in [0.15, 0.2) is 24.3 Å². The Bertz CT molecular complexity index is 2550. The number of carboxylic acid groups (broad SMARTS) is 3. The van der Waals surface area contributed by atoms with E-state index in [0.717, 1.165) is 6.92 Å². The van der Waals surface area contributed by atoms with Crippen LogP contribution in [-0.4, -0.2) is 181 Å². The Hall–Kier alpha value is -8.52. The first kappa shape index (κ1) is 76.5. The maximum atomic E-state index is 14.2. The number of phenolic OH excluding ortho intramolecular Hbond substituents is 1. The molecule has 0 spiro atoms. The molecule has 0 saturated carbocycles. The highest BCUT2D eigenvalue weighted by molar-refractivity contribution is 5.99. The van der Waals surface area contributed by atoms with Gasteiger partial charge in [0.2, 0.25) is 65.0 Å². The van der Waals surface area contributed by atoms with E-state index in [-0.39, 0.29) is 50.3 Å². The van der Waals surface area contributed by atoms with Gasteiger partial charge in [-0.1, -0.05) is 53.7 Å². The van der Waals surface area contributed by atoms with Gasteiger partial charge in [-0.3, -0.25) is 62.3 Å². The van der Waals surface area contributed by atoms with E-state index < -0.39 is 206 Å². The Morgan fingerprint density at radius 3 is 1.25 bits per heavy atom. The molecular formula is C55H89N13O19. The Morgan fingerprint density at radius 2 is 0.839 bits per heavy atom. The number of primary amides is 2. The number of nitrogens with one attached hydrogen (secondary N) is 9. The molecule has 488 valence electrons. The molecule has 0 radical (unpaired) electrons. The molecule has 0 aliphatic heterocycles. The van der Waals surface area contributed by atoms with E-state index in [9.17, 15) is 92.7 Å². The summed E-state index contributed by atoms with van der Waals surface area (Å²) < 4.78 is 0. The minimum atomic E-state index is -1.99. The van der Waals surface area contributed by atoms with E-state index in [4.69, 9.17) is 22.9 Å². The second kappa shape index (κ2) is 38.5. The average molecular weight is 1240 g/mol. The van der Waals surface area contributed by atoms with E-state index in [0.29, 0.717) is 12.0 Å². The quantitative estimate of drug-likeness (QED) is 0.0276. The SMILES string of the molecule is CC(C)C[C@H](NC(=O)[C@H](CC(=O)O)NC(=O)[C@H](CCC(N)=O)NC(=O)[C@@H](NC(=O)[C@@H](N)CC(C)C)[C@@H](C)O)C(=O)N[C@H](C(=O)N[C@@H](CCC(N)=O)C(=O)N[C@@H](CCC(=O)O)C(=O)N[C@@H](CCCCN)C(=O)N[C@@H](Cc1ccc(O)cc1)C(=O)O)C(C)C. The van der Waals surface area contributed by atoms with Gasteiger partial charge in [0.15, 0.2) is 0 Å². The highest BCUT2D eigenvalue weighted by Crippen LogP contribution is 2.15. The van der Waals surface area contributed by atoms with Crippen molar-refractivity contribution in [2.45, 2.75) is 198 Å².